The maximum Gasteiger partial charge on any atom is 0.352 e. The van der Waals surface area contributed by atoms with E-state index in [9.17, 15) is 9.59 Å². The van der Waals surface area contributed by atoms with Crippen LogP contribution in [0.5, 0.6) is 0 Å². The summed E-state index contributed by atoms with van der Waals surface area (Å²) in [6.45, 7) is 8.27. The zero-order valence-corrected chi connectivity index (χ0v) is 15.5. The van der Waals surface area contributed by atoms with Crippen LogP contribution in [0.2, 0.25) is 0 Å². The van der Waals surface area contributed by atoms with Gasteiger partial charge in [-0.25, -0.2) is 23.9 Å². The number of nitrogens with zero attached hydrogens (tertiary/aromatic N) is 2. The summed E-state index contributed by atoms with van der Waals surface area (Å²) in [5, 5.41) is 2.71. The van der Waals surface area contributed by atoms with Crippen molar-refractivity contribution in [1.82, 2.24) is 14.3 Å². The highest BCUT2D eigenvalue weighted by atomic mass is 16.2. The Morgan fingerprint density at radius 2 is 1.80 bits per heavy atom. The normalized spacial score (nSPS) is 13.9. The predicted octanol–water partition coefficient (Wildman–Crippen LogP) is 3.97. The van der Waals surface area contributed by atoms with Crippen molar-refractivity contribution in [3.8, 4) is 5.69 Å². The molecule has 0 bridgehead atoms. The number of aromatic nitrogens is 3. The van der Waals surface area contributed by atoms with Crippen LogP contribution >= 0.6 is 0 Å². The van der Waals surface area contributed by atoms with Gasteiger partial charge in [-0.3, -0.25) is 0 Å². The topological polar surface area (TPSA) is 59.8 Å². The van der Waals surface area contributed by atoms with Gasteiger partial charge in [-0.2, -0.15) is 0 Å². The molecule has 0 aliphatic heterocycles. The summed E-state index contributed by atoms with van der Waals surface area (Å²) < 4.78 is 2.62. The van der Waals surface area contributed by atoms with Gasteiger partial charge in [0.2, 0.25) is 0 Å². The second kappa shape index (κ2) is 8.51. The zero-order chi connectivity index (χ0) is 18.4. The van der Waals surface area contributed by atoms with E-state index in [-0.39, 0.29) is 11.7 Å². The molecule has 2 aromatic rings. The Balaban J connectivity index is 2.38. The fourth-order valence-electron chi connectivity index (χ4n) is 2.85. The van der Waals surface area contributed by atoms with Crippen LogP contribution in [0.25, 0.3) is 5.69 Å². The molecule has 0 saturated carbocycles. The molecule has 5 heteroatoms. The van der Waals surface area contributed by atoms with Crippen LogP contribution in [0.1, 0.15) is 53.0 Å². The molecular weight excluding hydrogens is 314 g/mol. The zero-order valence-electron chi connectivity index (χ0n) is 15.5. The molecule has 0 aliphatic carbocycles. The molecule has 1 N–H and O–H groups in total. The van der Waals surface area contributed by atoms with Gasteiger partial charge in [0.05, 0.1) is 11.7 Å². The van der Waals surface area contributed by atoms with Crippen molar-refractivity contribution in [2.75, 3.05) is 0 Å². The number of rotatable bonds is 7. The van der Waals surface area contributed by atoms with Crippen LogP contribution in [0.3, 0.4) is 0 Å². The van der Waals surface area contributed by atoms with Crippen LogP contribution in [0.15, 0.2) is 63.2 Å². The molecule has 134 valence electrons. The fraction of sp³-hybridized carbons (Fsp3) is 0.400. The first-order valence-electron chi connectivity index (χ1n) is 8.80. The molecule has 1 aromatic heterocycles. The average Bonchev–Trinajstić information content (AvgIpc) is 2.90. The van der Waals surface area contributed by atoms with E-state index in [1.165, 1.54) is 14.8 Å². The van der Waals surface area contributed by atoms with E-state index < -0.39 is 5.69 Å². The van der Waals surface area contributed by atoms with E-state index in [2.05, 4.69) is 31.1 Å². The molecular formula is C20H27N3O2. The van der Waals surface area contributed by atoms with Gasteiger partial charge in [-0.05, 0) is 45.2 Å². The summed E-state index contributed by atoms with van der Waals surface area (Å²) in [6.07, 6.45) is 6.92. The van der Waals surface area contributed by atoms with E-state index in [4.69, 9.17) is 0 Å². The minimum atomic E-state index is -0.413. The standard InChI is InChI=1S/C20H27N3O2/c1-5-15(3)11-10-12-16(4)18(6-2)23-20(25)22(19(24)21-23)17-13-8-7-9-14-17/h7-9,11-14,18H,5-6,10H2,1-4H3,(H,21,24)/b15-11+,16-12+. The highest BCUT2D eigenvalue weighted by Gasteiger charge is 2.18. The highest BCUT2D eigenvalue weighted by Crippen LogP contribution is 2.19. The maximum atomic E-state index is 12.8. The lowest BCUT2D eigenvalue weighted by atomic mass is 10.0. The third-order valence-electron chi connectivity index (χ3n) is 4.52. The van der Waals surface area contributed by atoms with Gasteiger partial charge in [0.1, 0.15) is 0 Å². The molecule has 1 unspecified atom stereocenters. The highest BCUT2D eigenvalue weighted by molar-refractivity contribution is 5.30. The van der Waals surface area contributed by atoms with Crippen LogP contribution in [-0.2, 0) is 0 Å². The quantitative estimate of drug-likeness (QED) is 0.775. The Morgan fingerprint density at radius 3 is 2.40 bits per heavy atom. The van der Waals surface area contributed by atoms with E-state index in [1.54, 1.807) is 12.1 Å². The summed E-state index contributed by atoms with van der Waals surface area (Å²) >= 11 is 0. The van der Waals surface area contributed by atoms with Gasteiger partial charge in [0.15, 0.2) is 0 Å². The largest absolute Gasteiger partial charge is 0.352 e. The SMILES string of the molecule is CC/C(C)=C/C/C=C(\C)C(CC)n1[nH]c(=O)n(-c2ccccc2)c1=O. The Morgan fingerprint density at radius 1 is 1.12 bits per heavy atom. The van der Waals surface area contributed by atoms with Gasteiger partial charge >= 0.3 is 11.4 Å². The molecule has 25 heavy (non-hydrogen) atoms. The van der Waals surface area contributed by atoms with E-state index in [0.29, 0.717) is 5.69 Å². The first-order chi connectivity index (χ1) is 12.0. The first kappa shape index (κ1) is 18.8. The monoisotopic (exact) mass is 341 g/mol. The molecule has 0 fully saturated rings. The predicted molar refractivity (Wildman–Crippen MR) is 102 cm³/mol. The second-order valence-corrected chi connectivity index (χ2v) is 6.25. The molecule has 5 nitrogen and oxygen atoms in total. The van der Waals surface area contributed by atoms with Gasteiger partial charge in [0, 0.05) is 0 Å². The molecule has 0 amide bonds. The molecule has 1 heterocycles. The Hall–Kier alpha value is -2.56. The van der Waals surface area contributed by atoms with Crippen LogP contribution < -0.4 is 11.4 Å². The summed E-state index contributed by atoms with van der Waals surface area (Å²) in [5.74, 6) is 0. The number of para-hydroxylation sites is 1. The van der Waals surface area contributed by atoms with Crippen LogP contribution in [0, 0.1) is 0 Å². The minimum Gasteiger partial charge on any atom is -0.246 e. The van der Waals surface area contributed by atoms with Crippen molar-refractivity contribution < 1.29 is 0 Å². The number of hydrogen-bond donors (Lipinski definition) is 1. The van der Waals surface area contributed by atoms with E-state index in [1.807, 2.05) is 32.0 Å². The van der Waals surface area contributed by atoms with Crippen molar-refractivity contribution in [2.24, 2.45) is 0 Å². The summed E-state index contributed by atoms with van der Waals surface area (Å²) in [6, 6.07) is 8.83. The number of allylic oxidation sites excluding steroid dienone is 4. The lowest BCUT2D eigenvalue weighted by molar-refractivity contribution is 0.479. The second-order valence-electron chi connectivity index (χ2n) is 6.25. The summed E-state index contributed by atoms with van der Waals surface area (Å²) in [4.78, 5) is 25.1. The molecule has 0 radical (unpaired) electrons. The van der Waals surface area contributed by atoms with Crippen molar-refractivity contribution in [2.45, 2.75) is 53.0 Å². The molecule has 1 atom stereocenters. The van der Waals surface area contributed by atoms with E-state index >= 15 is 0 Å². The van der Waals surface area contributed by atoms with Gasteiger partial charge in [-0.15, -0.1) is 0 Å². The number of H-pyrrole nitrogens is 1. The number of benzene rings is 1. The molecule has 0 saturated heterocycles. The lowest BCUT2D eigenvalue weighted by Crippen LogP contribution is -2.29. The van der Waals surface area contributed by atoms with Crippen molar-refractivity contribution in [3.05, 3.63) is 74.6 Å². The summed E-state index contributed by atoms with van der Waals surface area (Å²) in [5.41, 5.74) is 2.25. The Labute approximate surface area is 148 Å². The number of aromatic amines is 1. The first-order valence-corrected chi connectivity index (χ1v) is 8.80. The Kier molecular flexibility index (Phi) is 6.39. The van der Waals surface area contributed by atoms with Crippen LogP contribution in [0.4, 0.5) is 0 Å². The van der Waals surface area contributed by atoms with Crippen molar-refractivity contribution in [1.29, 1.82) is 0 Å². The molecule has 0 spiro atoms. The average molecular weight is 341 g/mol. The molecule has 0 aliphatic rings. The number of hydrogen-bond acceptors (Lipinski definition) is 2. The van der Waals surface area contributed by atoms with Gasteiger partial charge in [0.25, 0.3) is 0 Å². The van der Waals surface area contributed by atoms with Crippen molar-refractivity contribution in [3.63, 3.8) is 0 Å². The lowest BCUT2D eigenvalue weighted by Gasteiger charge is -2.16. The number of nitrogens with one attached hydrogen (secondary N) is 1. The van der Waals surface area contributed by atoms with Gasteiger partial charge in [-0.1, -0.05) is 55.3 Å². The molecule has 1 aromatic carbocycles. The van der Waals surface area contributed by atoms with Crippen LogP contribution in [-0.4, -0.2) is 14.3 Å². The van der Waals surface area contributed by atoms with E-state index in [0.717, 1.165) is 24.8 Å². The minimum absolute atomic E-state index is 0.152. The Bertz CT molecular complexity index is 866. The summed E-state index contributed by atoms with van der Waals surface area (Å²) in [7, 11) is 0. The smallest absolute Gasteiger partial charge is 0.246 e. The van der Waals surface area contributed by atoms with Gasteiger partial charge < -0.3 is 0 Å². The third kappa shape index (κ3) is 4.29. The molecule has 2 rings (SSSR count). The fourth-order valence-corrected chi connectivity index (χ4v) is 2.85. The van der Waals surface area contributed by atoms with Crippen molar-refractivity contribution >= 4 is 0 Å². The maximum absolute atomic E-state index is 12.8. The third-order valence-corrected chi connectivity index (χ3v) is 4.52.